The predicted molar refractivity (Wildman–Crippen MR) is 116 cm³/mol. The second-order valence-corrected chi connectivity index (χ2v) is 8.40. The van der Waals surface area contributed by atoms with Crippen molar-refractivity contribution in [2.45, 2.75) is 24.2 Å². The fourth-order valence-corrected chi connectivity index (χ4v) is 3.83. The number of carbonyl (C=O) groups excluding carboxylic acids is 1. The van der Waals surface area contributed by atoms with Crippen LogP contribution >= 0.6 is 0 Å². The number of piperidine rings is 1. The number of anilines is 1. The molecule has 1 amide bonds. The molecule has 1 aliphatic heterocycles. The third-order valence-corrected chi connectivity index (χ3v) is 5.58. The van der Waals surface area contributed by atoms with Gasteiger partial charge in [0, 0.05) is 42.0 Å². The van der Waals surface area contributed by atoms with Crippen molar-refractivity contribution in [2.75, 3.05) is 12.3 Å². The van der Waals surface area contributed by atoms with E-state index in [9.17, 15) is 17.6 Å². The molecule has 0 saturated carbocycles. The van der Waals surface area contributed by atoms with Crippen LogP contribution in [0.5, 0.6) is 0 Å². The van der Waals surface area contributed by atoms with E-state index in [2.05, 4.69) is 15.3 Å². The standard InChI is InChI=1S/C16H13FN4O2S.C5H9NO/c17-14-7-10(13-3-1-2-4-15(13)24(19,22)23)5-6-12(14)11-8-20-16(18)21-9-11;7-5-3-1-2-4-6-5/h1-9H,(H2,18,20,21)(H2,19,22,23);1-4H2,(H,6,7). The number of aromatic nitrogens is 2. The Morgan fingerprint density at radius 1 is 0.968 bits per heavy atom. The highest BCUT2D eigenvalue weighted by molar-refractivity contribution is 7.89. The molecule has 2 heterocycles. The van der Waals surface area contributed by atoms with Crippen LogP contribution in [0.25, 0.3) is 22.3 Å². The van der Waals surface area contributed by atoms with E-state index in [4.69, 9.17) is 10.9 Å². The Bertz CT molecular complexity index is 1180. The summed E-state index contributed by atoms with van der Waals surface area (Å²) in [6.45, 7) is 0.888. The van der Waals surface area contributed by atoms with Crippen LogP contribution in [0.15, 0.2) is 59.8 Å². The number of nitrogens with zero attached hydrogens (tertiary/aromatic N) is 2. The summed E-state index contributed by atoms with van der Waals surface area (Å²) in [4.78, 5) is 17.9. The number of nitrogens with two attached hydrogens (primary N) is 2. The van der Waals surface area contributed by atoms with E-state index >= 15 is 0 Å². The summed E-state index contributed by atoms with van der Waals surface area (Å²) in [6.07, 6.45) is 5.80. The highest BCUT2D eigenvalue weighted by Crippen LogP contribution is 2.30. The van der Waals surface area contributed by atoms with Gasteiger partial charge < -0.3 is 11.1 Å². The molecule has 162 valence electrons. The van der Waals surface area contributed by atoms with Gasteiger partial charge in [-0.25, -0.2) is 27.9 Å². The first-order chi connectivity index (χ1) is 14.8. The zero-order valence-electron chi connectivity index (χ0n) is 16.6. The molecule has 0 unspecified atom stereocenters. The Balaban J connectivity index is 0.000000330. The predicted octanol–water partition coefficient (Wildman–Crippen LogP) is 2.47. The molecule has 0 radical (unpaired) electrons. The molecule has 10 heteroatoms. The number of hydrogen-bond donors (Lipinski definition) is 3. The molecule has 31 heavy (non-hydrogen) atoms. The molecule has 3 aromatic rings. The van der Waals surface area contributed by atoms with Crippen molar-refractivity contribution in [2.24, 2.45) is 5.14 Å². The molecule has 0 aliphatic carbocycles. The van der Waals surface area contributed by atoms with Gasteiger partial charge in [0.1, 0.15) is 5.82 Å². The number of sulfonamides is 1. The van der Waals surface area contributed by atoms with E-state index in [-0.39, 0.29) is 22.3 Å². The quantitative estimate of drug-likeness (QED) is 0.568. The fraction of sp³-hybridized carbons (Fsp3) is 0.190. The van der Waals surface area contributed by atoms with Crippen LogP contribution in [0, 0.1) is 5.82 Å². The molecule has 2 aromatic carbocycles. The lowest BCUT2D eigenvalue weighted by Crippen LogP contribution is -2.28. The van der Waals surface area contributed by atoms with Gasteiger partial charge in [-0.15, -0.1) is 0 Å². The molecule has 1 aromatic heterocycles. The first kappa shape index (κ1) is 22.3. The Morgan fingerprint density at radius 2 is 1.68 bits per heavy atom. The third-order valence-electron chi connectivity index (χ3n) is 4.61. The van der Waals surface area contributed by atoms with Crippen molar-refractivity contribution in [1.82, 2.24) is 15.3 Å². The van der Waals surface area contributed by atoms with Crippen molar-refractivity contribution >= 4 is 21.9 Å². The van der Waals surface area contributed by atoms with Crippen LogP contribution < -0.4 is 16.2 Å². The van der Waals surface area contributed by atoms with Crippen LogP contribution in [0.4, 0.5) is 10.3 Å². The average Bonchev–Trinajstić information content (AvgIpc) is 2.75. The Hall–Kier alpha value is -3.37. The maximum Gasteiger partial charge on any atom is 0.238 e. The minimum atomic E-state index is -3.92. The van der Waals surface area contributed by atoms with Crippen LogP contribution in [0.2, 0.25) is 0 Å². The molecule has 0 bridgehead atoms. The van der Waals surface area contributed by atoms with E-state index in [1.165, 1.54) is 30.6 Å². The number of halogens is 1. The minimum Gasteiger partial charge on any atom is -0.368 e. The zero-order chi connectivity index (χ0) is 22.4. The van der Waals surface area contributed by atoms with Gasteiger partial charge in [0.25, 0.3) is 0 Å². The van der Waals surface area contributed by atoms with Crippen LogP contribution in [0.3, 0.4) is 0 Å². The fourth-order valence-electron chi connectivity index (χ4n) is 3.07. The summed E-state index contributed by atoms with van der Waals surface area (Å²) in [5.74, 6) is -0.228. The van der Waals surface area contributed by atoms with E-state index < -0.39 is 15.8 Å². The van der Waals surface area contributed by atoms with E-state index in [0.29, 0.717) is 16.7 Å². The average molecular weight is 444 g/mol. The highest BCUT2D eigenvalue weighted by atomic mass is 32.2. The Labute approximate surface area is 179 Å². The maximum absolute atomic E-state index is 14.5. The summed E-state index contributed by atoms with van der Waals surface area (Å²) in [7, 11) is -3.92. The molecular weight excluding hydrogens is 421 g/mol. The van der Waals surface area contributed by atoms with Gasteiger partial charge in [-0.1, -0.05) is 30.3 Å². The lowest BCUT2D eigenvalue weighted by Gasteiger charge is -2.10. The number of hydrogen-bond acceptors (Lipinski definition) is 6. The SMILES string of the molecule is Nc1ncc(-c2ccc(-c3ccccc3S(N)(=O)=O)cc2F)cn1.O=C1CCCCN1. The summed E-state index contributed by atoms with van der Waals surface area (Å²) in [5.41, 5.74) is 6.90. The van der Waals surface area contributed by atoms with Gasteiger partial charge in [-0.3, -0.25) is 4.79 Å². The van der Waals surface area contributed by atoms with Crippen molar-refractivity contribution in [1.29, 1.82) is 0 Å². The Kier molecular flexibility index (Phi) is 6.93. The normalized spacial score (nSPS) is 13.7. The number of amides is 1. The maximum atomic E-state index is 14.5. The van der Waals surface area contributed by atoms with E-state index in [1.807, 2.05) is 0 Å². The largest absolute Gasteiger partial charge is 0.368 e. The second kappa shape index (κ2) is 9.63. The van der Waals surface area contributed by atoms with Gasteiger partial charge in [-0.05, 0) is 30.5 Å². The van der Waals surface area contributed by atoms with Gasteiger partial charge in [-0.2, -0.15) is 0 Å². The van der Waals surface area contributed by atoms with Gasteiger partial charge in [0.2, 0.25) is 21.9 Å². The smallest absolute Gasteiger partial charge is 0.238 e. The first-order valence-electron chi connectivity index (χ1n) is 9.52. The first-order valence-corrected chi connectivity index (χ1v) is 11.1. The van der Waals surface area contributed by atoms with Crippen molar-refractivity contribution in [3.63, 3.8) is 0 Å². The van der Waals surface area contributed by atoms with Gasteiger partial charge in [0.05, 0.1) is 4.90 Å². The van der Waals surface area contributed by atoms with Crippen LogP contribution in [-0.2, 0) is 14.8 Å². The second-order valence-electron chi connectivity index (χ2n) is 6.87. The topological polar surface area (TPSA) is 141 Å². The number of nitrogens with one attached hydrogen (secondary N) is 1. The third kappa shape index (κ3) is 5.83. The Morgan fingerprint density at radius 3 is 2.23 bits per heavy atom. The van der Waals surface area contributed by atoms with Gasteiger partial charge >= 0.3 is 0 Å². The lowest BCUT2D eigenvalue weighted by atomic mass is 10.0. The molecule has 0 spiro atoms. The molecule has 1 saturated heterocycles. The molecule has 0 atom stereocenters. The highest BCUT2D eigenvalue weighted by Gasteiger charge is 2.16. The molecule has 8 nitrogen and oxygen atoms in total. The van der Waals surface area contributed by atoms with Crippen molar-refractivity contribution < 1.29 is 17.6 Å². The summed E-state index contributed by atoms with van der Waals surface area (Å²) in [6, 6.07) is 10.5. The number of primary sulfonamides is 1. The van der Waals surface area contributed by atoms with Crippen LogP contribution in [0.1, 0.15) is 19.3 Å². The molecule has 1 aliphatic rings. The number of benzene rings is 2. The van der Waals surface area contributed by atoms with Crippen molar-refractivity contribution in [3.8, 4) is 22.3 Å². The molecule has 4 rings (SSSR count). The van der Waals surface area contributed by atoms with E-state index in [1.54, 1.807) is 24.3 Å². The molecule has 5 N–H and O–H groups in total. The zero-order valence-corrected chi connectivity index (χ0v) is 17.4. The lowest BCUT2D eigenvalue weighted by molar-refractivity contribution is -0.122. The summed E-state index contributed by atoms with van der Waals surface area (Å²) in [5, 5.41) is 7.96. The number of rotatable bonds is 3. The van der Waals surface area contributed by atoms with Crippen molar-refractivity contribution in [3.05, 3.63) is 60.7 Å². The van der Waals surface area contributed by atoms with E-state index in [0.717, 1.165) is 25.8 Å². The van der Waals surface area contributed by atoms with Crippen LogP contribution in [-0.4, -0.2) is 30.8 Å². The van der Waals surface area contributed by atoms with Gasteiger partial charge in [0.15, 0.2) is 0 Å². The summed E-state index contributed by atoms with van der Waals surface area (Å²) < 4.78 is 37.9. The number of nitrogen functional groups attached to an aromatic ring is 1. The molecular formula is C21H22FN5O3S. The minimum absolute atomic E-state index is 0.0621. The summed E-state index contributed by atoms with van der Waals surface area (Å²) >= 11 is 0. The monoisotopic (exact) mass is 443 g/mol. The molecule has 1 fully saturated rings. The number of carbonyl (C=O) groups is 1.